The Bertz CT molecular complexity index is 128. The molecule has 0 bridgehead atoms. The van der Waals surface area contributed by atoms with Crippen molar-refractivity contribution in [2.45, 2.75) is 19.8 Å². The second-order valence-corrected chi connectivity index (χ2v) is 3.64. The molecule has 0 aliphatic carbocycles. The van der Waals surface area contributed by atoms with Crippen LogP contribution in [0.3, 0.4) is 0 Å². The Kier molecular flexibility index (Phi) is 5.73. The molecule has 0 aliphatic rings. The predicted octanol–water partition coefficient (Wildman–Crippen LogP) is 2.61. The first kappa shape index (κ1) is 11.4. The van der Waals surface area contributed by atoms with Gasteiger partial charge in [-0.25, -0.2) is 0 Å². The fourth-order valence-electron chi connectivity index (χ4n) is 1.42. The van der Waals surface area contributed by atoms with Crippen LogP contribution < -0.4 is 0 Å². The van der Waals surface area contributed by atoms with Crippen molar-refractivity contribution in [3.63, 3.8) is 0 Å². The highest BCUT2D eigenvalue weighted by Crippen LogP contribution is 2.05. The lowest BCUT2D eigenvalue weighted by Crippen LogP contribution is -2.44. The van der Waals surface area contributed by atoms with E-state index in [9.17, 15) is 0 Å². The van der Waals surface area contributed by atoms with Gasteiger partial charge in [-0.05, 0) is 18.6 Å². The second kappa shape index (κ2) is 6.01. The molecule has 70 valence electrons. The first-order valence-electron chi connectivity index (χ1n) is 4.74. The highest BCUT2D eigenvalue weighted by atomic mass is 15.3. The van der Waals surface area contributed by atoms with Crippen LogP contribution in [0.25, 0.3) is 0 Å². The number of quaternary nitrogens is 1. The molecule has 0 atom stereocenters. The molecule has 0 rings (SSSR count). The second-order valence-electron chi connectivity index (χ2n) is 3.64. The SMILES string of the molecule is C=CC[N+](C)(CC=C)CCCC. The molecule has 1 nitrogen and oxygen atoms in total. The van der Waals surface area contributed by atoms with Gasteiger partial charge in [0.15, 0.2) is 0 Å². The maximum Gasteiger partial charge on any atom is 0.0971 e. The number of hydrogen-bond acceptors (Lipinski definition) is 0. The van der Waals surface area contributed by atoms with Crippen LogP contribution in [-0.2, 0) is 0 Å². The number of hydrogen-bond donors (Lipinski definition) is 0. The van der Waals surface area contributed by atoms with Crippen LogP contribution >= 0.6 is 0 Å². The van der Waals surface area contributed by atoms with Crippen molar-refractivity contribution in [2.75, 3.05) is 26.7 Å². The maximum atomic E-state index is 3.79. The monoisotopic (exact) mass is 168 g/mol. The van der Waals surface area contributed by atoms with E-state index in [0.29, 0.717) is 0 Å². The van der Waals surface area contributed by atoms with E-state index in [1.807, 2.05) is 12.2 Å². The molecular formula is C11H22N+. The van der Waals surface area contributed by atoms with Crippen LogP contribution in [0.2, 0.25) is 0 Å². The summed E-state index contributed by atoms with van der Waals surface area (Å²) in [6, 6.07) is 0. The quantitative estimate of drug-likeness (QED) is 0.405. The zero-order chi connectivity index (χ0) is 9.45. The Hall–Kier alpha value is -0.560. The zero-order valence-corrected chi connectivity index (χ0v) is 8.55. The van der Waals surface area contributed by atoms with Crippen molar-refractivity contribution >= 4 is 0 Å². The Balaban J connectivity index is 3.96. The van der Waals surface area contributed by atoms with Crippen molar-refractivity contribution in [1.82, 2.24) is 0 Å². The van der Waals surface area contributed by atoms with Crippen LogP contribution in [0, 0.1) is 0 Å². The largest absolute Gasteiger partial charge is 0.320 e. The maximum absolute atomic E-state index is 3.79. The third-order valence-electron chi connectivity index (χ3n) is 2.19. The Morgan fingerprint density at radius 2 is 1.67 bits per heavy atom. The number of unbranched alkanes of at least 4 members (excludes halogenated alkanes) is 1. The fraction of sp³-hybridized carbons (Fsp3) is 0.636. The average Bonchev–Trinajstić information content (AvgIpc) is 2.02. The van der Waals surface area contributed by atoms with Gasteiger partial charge in [0.05, 0.1) is 26.7 Å². The first-order valence-corrected chi connectivity index (χ1v) is 4.74. The highest BCUT2D eigenvalue weighted by molar-refractivity contribution is 4.70. The Morgan fingerprint density at radius 1 is 1.17 bits per heavy atom. The first-order chi connectivity index (χ1) is 5.68. The molecule has 0 heterocycles. The minimum absolute atomic E-state index is 1.05. The molecule has 0 spiro atoms. The van der Waals surface area contributed by atoms with Crippen molar-refractivity contribution < 1.29 is 4.48 Å². The normalized spacial score (nSPS) is 11.2. The van der Waals surface area contributed by atoms with Gasteiger partial charge >= 0.3 is 0 Å². The van der Waals surface area contributed by atoms with Gasteiger partial charge in [0.1, 0.15) is 0 Å². The van der Waals surface area contributed by atoms with Gasteiger partial charge in [-0.15, -0.1) is 0 Å². The number of nitrogens with zero attached hydrogens (tertiary/aromatic N) is 1. The topological polar surface area (TPSA) is 0 Å². The van der Waals surface area contributed by atoms with E-state index in [0.717, 1.165) is 17.6 Å². The predicted molar refractivity (Wildman–Crippen MR) is 56.1 cm³/mol. The molecule has 0 aromatic heterocycles. The smallest absolute Gasteiger partial charge is 0.0971 e. The zero-order valence-electron chi connectivity index (χ0n) is 8.55. The van der Waals surface area contributed by atoms with E-state index in [-0.39, 0.29) is 0 Å². The van der Waals surface area contributed by atoms with Crippen LogP contribution in [0.1, 0.15) is 19.8 Å². The molecule has 0 saturated carbocycles. The lowest BCUT2D eigenvalue weighted by Gasteiger charge is -2.32. The molecule has 0 aromatic rings. The third kappa shape index (κ3) is 4.35. The van der Waals surface area contributed by atoms with Gasteiger partial charge < -0.3 is 4.48 Å². The molecule has 0 aromatic carbocycles. The summed E-state index contributed by atoms with van der Waals surface area (Å²) in [5.41, 5.74) is 0. The molecular weight excluding hydrogens is 146 g/mol. The van der Waals surface area contributed by atoms with E-state index in [1.165, 1.54) is 19.4 Å². The summed E-state index contributed by atoms with van der Waals surface area (Å²) in [7, 11) is 2.26. The molecule has 1 heteroatoms. The van der Waals surface area contributed by atoms with Gasteiger partial charge in [0.2, 0.25) is 0 Å². The summed E-state index contributed by atoms with van der Waals surface area (Å²) in [6.07, 6.45) is 6.55. The molecule has 0 aliphatic heterocycles. The van der Waals surface area contributed by atoms with E-state index >= 15 is 0 Å². The number of rotatable bonds is 7. The summed E-state index contributed by atoms with van der Waals surface area (Å²) < 4.78 is 1.06. The van der Waals surface area contributed by atoms with E-state index in [1.54, 1.807) is 0 Å². The van der Waals surface area contributed by atoms with Crippen molar-refractivity contribution in [1.29, 1.82) is 0 Å². The average molecular weight is 168 g/mol. The van der Waals surface area contributed by atoms with Crippen LogP contribution in [-0.4, -0.2) is 31.2 Å². The van der Waals surface area contributed by atoms with Gasteiger partial charge in [-0.2, -0.15) is 0 Å². The van der Waals surface area contributed by atoms with Crippen molar-refractivity contribution in [3.8, 4) is 0 Å². The molecule has 0 saturated heterocycles. The Labute approximate surface area is 77.0 Å². The van der Waals surface area contributed by atoms with Crippen LogP contribution in [0.4, 0.5) is 0 Å². The minimum atomic E-state index is 1.05. The van der Waals surface area contributed by atoms with Crippen molar-refractivity contribution in [2.24, 2.45) is 0 Å². The summed E-state index contributed by atoms with van der Waals surface area (Å²) in [4.78, 5) is 0. The summed E-state index contributed by atoms with van der Waals surface area (Å²) in [5.74, 6) is 0. The van der Waals surface area contributed by atoms with Gasteiger partial charge in [0, 0.05) is 0 Å². The summed E-state index contributed by atoms with van der Waals surface area (Å²) >= 11 is 0. The molecule has 0 amide bonds. The Morgan fingerprint density at radius 3 is 2.00 bits per heavy atom. The molecule has 0 fully saturated rings. The third-order valence-corrected chi connectivity index (χ3v) is 2.19. The number of likely N-dealkylation sites (N-methyl/N-ethyl adjacent to an activating group) is 1. The van der Waals surface area contributed by atoms with E-state index in [4.69, 9.17) is 0 Å². The molecule has 0 unspecified atom stereocenters. The molecule has 0 N–H and O–H groups in total. The van der Waals surface area contributed by atoms with E-state index < -0.39 is 0 Å². The van der Waals surface area contributed by atoms with Crippen molar-refractivity contribution in [3.05, 3.63) is 25.3 Å². The van der Waals surface area contributed by atoms with Gasteiger partial charge in [-0.1, -0.05) is 26.5 Å². The minimum Gasteiger partial charge on any atom is -0.320 e. The standard InChI is InChI=1S/C11H22N/c1-5-8-11-12(4,9-6-2)10-7-3/h6-7H,2-3,5,8-11H2,1,4H3/q+1. The molecule has 0 radical (unpaired) electrons. The van der Waals surface area contributed by atoms with Crippen LogP contribution in [0.5, 0.6) is 0 Å². The lowest BCUT2D eigenvalue weighted by atomic mass is 10.2. The summed E-state index contributed by atoms with van der Waals surface area (Å²) in [6.45, 7) is 13.1. The van der Waals surface area contributed by atoms with Gasteiger partial charge in [-0.3, -0.25) is 0 Å². The lowest BCUT2D eigenvalue weighted by molar-refractivity contribution is -0.898. The fourth-order valence-corrected chi connectivity index (χ4v) is 1.42. The van der Waals surface area contributed by atoms with Crippen LogP contribution in [0.15, 0.2) is 25.3 Å². The molecule has 12 heavy (non-hydrogen) atoms. The van der Waals surface area contributed by atoms with E-state index in [2.05, 4.69) is 27.1 Å². The van der Waals surface area contributed by atoms with Gasteiger partial charge in [0.25, 0.3) is 0 Å². The summed E-state index contributed by atoms with van der Waals surface area (Å²) in [5, 5.41) is 0. The highest BCUT2D eigenvalue weighted by Gasteiger charge is 2.16.